The minimum atomic E-state index is -3.85. The van der Waals surface area contributed by atoms with Gasteiger partial charge in [-0.15, -0.1) is 10.2 Å². The van der Waals surface area contributed by atoms with Gasteiger partial charge in [0.25, 0.3) is 15.2 Å². The molecule has 1 unspecified atom stereocenters. The fourth-order valence-corrected chi connectivity index (χ4v) is 3.01. The summed E-state index contributed by atoms with van der Waals surface area (Å²) >= 11 is 0. The molecule has 0 amide bonds. The van der Waals surface area contributed by atoms with Crippen molar-refractivity contribution in [1.29, 1.82) is 0 Å². The van der Waals surface area contributed by atoms with Crippen LogP contribution in [0.3, 0.4) is 0 Å². The molecule has 0 spiro atoms. The van der Waals surface area contributed by atoms with Gasteiger partial charge in [-0.1, -0.05) is 13.8 Å². The summed E-state index contributed by atoms with van der Waals surface area (Å²) in [5.74, 6) is 0.969. The maximum atomic E-state index is 11.6. The Bertz CT molecular complexity index is 581. The van der Waals surface area contributed by atoms with Crippen LogP contribution in [-0.4, -0.2) is 23.2 Å². The first-order valence-electron chi connectivity index (χ1n) is 5.93. The van der Waals surface area contributed by atoms with E-state index in [2.05, 4.69) is 24.0 Å². The topological polar surface area (TPSA) is 90.9 Å². The second-order valence-corrected chi connectivity index (χ2v) is 8.09. The van der Waals surface area contributed by atoms with Gasteiger partial charge in [0.1, 0.15) is 5.82 Å². The van der Waals surface area contributed by atoms with E-state index in [9.17, 15) is 8.42 Å². The monoisotopic (exact) mass is 272 g/mol. The summed E-state index contributed by atoms with van der Waals surface area (Å²) in [5.41, 5.74) is -0.259. The molecule has 1 aromatic heterocycles. The zero-order chi connectivity index (χ0) is 13.9. The Morgan fingerprint density at radius 1 is 1.33 bits per heavy atom. The molecule has 0 bridgehead atoms. The quantitative estimate of drug-likeness (QED) is 0.875. The van der Waals surface area contributed by atoms with Crippen LogP contribution in [0.2, 0.25) is 0 Å². The Morgan fingerprint density at radius 3 is 2.17 bits per heavy atom. The molecule has 0 radical (unpaired) electrons. The van der Waals surface area contributed by atoms with Crippen molar-refractivity contribution in [1.82, 2.24) is 14.8 Å². The standard InChI is InChI=1S/C11H20N4O2S/c1-10(2,3)15-8(7-6-11(7,4)5)13-14-9(15)18(12,16)17/h7H,6H2,1-5H3,(H2,12,16,17). The molecule has 2 rings (SSSR count). The molecule has 1 aromatic rings. The van der Waals surface area contributed by atoms with Crippen molar-refractivity contribution < 1.29 is 8.42 Å². The Labute approximate surface area is 108 Å². The van der Waals surface area contributed by atoms with Gasteiger partial charge in [-0.2, -0.15) is 0 Å². The molecular weight excluding hydrogens is 252 g/mol. The van der Waals surface area contributed by atoms with Crippen LogP contribution in [0.25, 0.3) is 0 Å². The van der Waals surface area contributed by atoms with E-state index in [1.807, 2.05) is 20.8 Å². The molecule has 7 heteroatoms. The predicted molar refractivity (Wildman–Crippen MR) is 67.5 cm³/mol. The fraction of sp³-hybridized carbons (Fsp3) is 0.818. The van der Waals surface area contributed by atoms with Crippen LogP contribution in [0.15, 0.2) is 5.16 Å². The van der Waals surface area contributed by atoms with E-state index in [-0.39, 0.29) is 16.5 Å². The highest BCUT2D eigenvalue weighted by Crippen LogP contribution is 2.58. The maximum Gasteiger partial charge on any atom is 0.273 e. The molecule has 18 heavy (non-hydrogen) atoms. The summed E-state index contributed by atoms with van der Waals surface area (Å²) in [5, 5.41) is 12.9. The number of primary sulfonamides is 1. The van der Waals surface area contributed by atoms with Crippen molar-refractivity contribution >= 4 is 10.0 Å². The van der Waals surface area contributed by atoms with E-state index in [1.54, 1.807) is 4.57 Å². The highest BCUT2D eigenvalue weighted by Gasteiger charge is 2.51. The summed E-state index contributed by atoms with van der Waals surface area (Å²) in [6.45, 7) is 10.0. The summed E-state index contributed by atoms with van der Waals surface area (Å²) in [7, 11) is -3.85. The van der Waals surface area contributed by atoms with Gasteiger partial charge in [0.2, 0.25) is 0 Å². The van der Waals surface area contributed by atoms with Gasteiger partial charge in [-0.3, -0.25) is 4.57 Å². The SMILES string of the molecule is CC1(C)CC1c1nnc(S(N)(=O)=O)n1C(C)(C)C. The largest absolute Gasteiger partial charge is 0.295 e. The zero-order valence-electron chi connectivity index (χ0n) is 11.4. The van der Waals surface area contributed by atoms with Crippen molar-refractivity contribution in [3.63, 3.8) is 0 Å². The lowest BCUT2D eigenvalue weighted by Crippen LogP contribution is -2.30. The first kappa shape index (κ1) is 13.5. The summed E-state index contributed by atoms with van der Waals surface area (Å²) in [6.07, 6.45) is 0.992. The molecule has 1 heterocycles. The number of nitrogens with two attached hydrogens (primary N) is 1. The molecule has 0 saturated heterocycles. The molecule has 1 atom stereocenters. The lowest BCUT2D eigenvalue weighted by atomic mass is 10.1. The number of rotatable bonds is 2. The Balaban J connectivity index is 2.61. The minimum absolute atomic E-state index is 0.146. The van der Waals surface area contributed by atoms with Crippen LogP contribution in [0.5, 0.6) is 0 Å². The summed E-state index contributed by atoms with van der Waals surface area (Å²) in [4.78, 5) is 0. The fourth-order valence-electron chi connectivity index (χ4n) is 2.23. The molecule has 6 nitrogen and oxygen atoms in total. The molecule has 1 aliphatic rings. The Morgan fingerprint density at radius 2 is 1.83 bits per heavy atom. The highest BCUT2D eigenvalue weighted by atomic mass is 32.2. The molecule has 0 aromatic carbocycles. The Hall–Kier alpha value is -0.950. The van der Waals surface area contributed by atoms with Crippen LogP contribution in [0.1, 0.15) is 52.8 Å². The number of sulfonamides is 1. The zero-order valence-corrected chi connectivity index (χ0v) is 12.2. The van der Waals surface area contributed by atoms with Crippen LogP contribution in [0, 0.1) is 5.41 Å². The van der Waals surface area contributed by atoms with E-state index < -0.39 is 15.6 Å². The third kappa shape index (κ3) is 2.16. The van der Waals surface area contributed by atoms with Gasteiger partial charge >= 0.3 is 0 Å². The number of aromatic nitrogens is 3. The van der Waals surface area contributed by atoms with Crippen molar-refractivity contribution in [2.45, 2.75) is 57.7 Å². The third-order valence-electron chi connectivity index (χ3n) is 3.41. The van der Waals surface area contributed by atoms with E-state index in [0.29, 0.717) is 0 Å². The van der Waals surface area contributed by atoms with Gasteiger partial charge in [-0.25, -0.2) is 13.6 Å². The highest BCUT2D eigenvalue weighted by molar-refractivity contribution is 7.89. The number of hydrogen-bond donors (Lipinski definition) is 1. The van der Waals surface area contributed by atoms with E-state index in [4.69, 9.17) is 5.14 Å². The van der Waals surface area contributed by atoms with Crippen molar-refractivity contribution in [3.8, 4) is 0 Å². The van der Waals surface area contributed by atoms with Crippen molar-refractivity contribution in [2.24, 2.45) is 10.6 Å². The lowest BCUT2D eigenvalue weighted by Gasteiger charge is -2.24. The molecule has 1 saturated carbocycles. The average Bonchev–Trinajstić information content (AvgIpc) is 2.60. The van der Waals surface area contributed by atoms with E-state index >= 15 is 0 Å². The molecule has 1 fully saturated rings. The van der Waals surface area contributed by atoms with Crippen LogP contribution in [-0.2, 0) is 15.6 Å². The normalized spacial score (nSPS) is 23.1. The molecular formula is C11H20N4O2S. The van der Waals surface area contributed by atoms with Gasteiger partial charge < -0.3 is 0 Å². The van der Waals surface area contributed by atoms with Crippen LogP contribution in [0.4, 0.5) is 0 Å². The minimum Gasteiger partial charge on any atom is -0.295 e. The third-order valence-corrected chi connectivity index (χ3v) is 4.18. The van der Waals surface area contributed by atoms with Crippen molar-refractivity contribution in [3.05, 3.63) is 5.82 Å². The van der Waals surface area contributed by atoms with E-state index in [0.717, 1.165) is 12.2 Å². The van der Waals surface area contributed by atoms with Crippen LogP contribution >= 0.6 is 0 Å². The molecule has 0 aliphatic heterocycles. The van der Waals surface area contributed by atoms with Gasteiger partial charge in [0, 0.05) is 11.5 Å². The Kier molecular flexibility index (Phi) is 2.65. The summed E-state index contributed by atoms with van der Waals surface area (Å²) < 4.78 is 24.8. The molecule has 102 valence electrons. The second-order valence-electron chi connectivity index (χ2n) is 6.64. The number of nitrogens with zero attached hydrogens (tertiary/aromatic N) is 3. The van der Waals surface area contributed by atoms with Gasteiger partial charge in [-0.05, 0) is 32.6 Å². The first-order chi connectivity index (χ1) is 7.94. The van der Waals surface area contributed by atoms with Crippen LogP contribution < -0.4 is 5.14 Å². The first-order valence-corrected chi connectivity index (χ1v) is 7.48. The lowest BCUT2D eigenvalue weighted by molar-refractivity contribution is 0.346. The predicted octanol–water partition coefficient (Wildman–Crippen LogP) is 1.19. The van der Waals surface area contributed by atoms with E-state index in [1.165, 1.54) is 0 Å². The average molecular weight is 272 g/mol. The smallest absolute Gasteiger partial charge is 0.273 e. The van der Waals surface area contributed by atoms with Crippen molar-refractivity contribution in [2.75, 3.05) is 0 Å². The summed E-state index contributed by atoms with van der Waals surface area (Å²) in [6, 6.07) is 0. The molecule has 2 N–H and O–H groups in total. The molecule has 1 aliphatic carbocycles. The van der Waals surface area contributed by atoms with Gasteiger partial charge in [0.05, 0.1) is 0 Å². The van der Waals surface area contributed by atoms with Gasteiger partial charge in [0.15, 0.2) is 0 Å². The maximum absolute atomic E-state index is 11.6. The number of hydrogen-bond acceptors (Lipinski definition) is 4. The second kappa shape index (κ2) is 3.54.